The zero-order chi connectivity index (χ0) is 20.1. The Morgan fingerprint density at radius 2 is 1.86 bits per heavy atom. The lowest BCUT2D eigenvalue weighted by Crippen LogP contribution is -2.33. The predicted molar refractivity (Wildman–Crippen MR) is 112 cm³/mol. The fourth-order valence-electron chi connectivity index (χ4n) is 3.58. The second kappa shape index (κ2) is 8.83. The summed E-state index contributed by atoms with van der Waals surface area (Å²) < 4.78 is 11.2. The number of methoxy groups -OCH3 is 2. The number of aromatic nitrogens is 1. The van der Waals surface area contributed by atoms with E-state index < -0.39 is 0 Å². The highest BCUT2D eigenvalue weighted by Gasteiger charge is 2.26. The standard InChI is InChI=1S/C23H28N2O3/c1-5-15(2)25-22(26)13-18(17-10-8-12-21(27-3)23(17)28-4)19-14-24-20-11-7-6-9-16(19)20/h6-12,14-15,18,24H,5,13H2,1-4H3,(H,25,26)/t15-,18+/m1/s1. The average molecular weight is 380 g/mol. The lowest BCUT2D eigenvalue weighted by molar-refractivity contribution is -0.121. The SMILES string of the molecule is CC[C@@H](C)NC(=O)C[C@@H](c1cccc(OC)c1OC)c1c[nH]c2ccccc12. The number of amides is 1. The van der Waals surface area contributed by atoms with Gasteiger partial charge in [0.05, 0.1) is 14.2 Å². The quantitative estimate of drug-likeness (QED) is 0.599. The highest BCUT2D eigenvalue weighted by Crippen LogP contribution is 2.41. The van der Waals surface area contributed by atoms with Crippen LogP contribution >= 0.6 is 0 Å². The van der Waals surface area contributed by atoms with E-state index in [0.29, 0.717) is 17.9 Å². The van der Waals surface area contributed by atoms with Crippen molar-refractivity contribution in [3.05, 3.63) is 59.8 Å². The van der Waals surface area contributed by atoms with E-state index in [-0.39, 0.29) is 17.9 Å². The average Bonchev–Trinajstić information content (AvgIpc) is 3.15. The number of carbonyl (C=O) groups excluding carboxylic acids is 1. The summed E-state index contributed by atoms with van der Waals surface area (Å²) in [5.41, 5.74) is 3.05. The van der Waals surface area contributed by atoms with Crippen molar-refractivity contribution in [3.63, 3.8) is 0 Å². The third kappa shape index (κ3) is 3.98. The second-order valence-electron chi connectivity index (χ2n) is 7.01. The fourth-order valence-corrected chi connectivity index (χ4v) is 3.58. The van der Waals surface area contributed by atoms with E-state index in [1.54, 1.807) is 14.2 Å². The number of para-hydroxylation sites is 2. The van der Waals surface area contributed by atoms with Gasteiger partial charge in [0.2, 0.25) is 5.91 Å². The highest BCUT2D eigenvalue weighted by molar-refractivity contribution is 5.86. The number of hydrogen-bond acceptors (Lipinski definition) is 3. The van der Waals surface area contributed by atoms with Crippen molar-refractivity contribution in [2.75, 3.05) is 14.2 Å². The molecule has 3 aromatic rings. The molecule has 1 heterocycles. The van der Waals surface area contributed by atoms with E-state index in [9.17, 15) is 4.79 Å². The first kappa shape index (κ1) is 19.8. The molecule has 0 radical (unpaired) electrons. The summed E-state index contributed by atoms with van der Waals surface area (Å²) in [5, 5.41) is 4.19. The summed E-state index contributed by atoms with van der Waals surface area (Å²) in [5.74, 6) is 1.18. The van der Waals surface area contributed by atoms with Crippen LogP contribution in [0.1, 0.15) is 43.7 Å². The van der Waals surface area contributed by atoms with Crippen LogP contribution in [0.4, 0.5) is 0 Å². The number of fused-ring (bicyclic) bond motifs is 1. The van der Waals surface area contributed by atoms with Gasteiger partial charge in [-0.3, -0.25) is 4.79 Å². The summed E-state index contributed by atoms with van der Waals surface area (Å²) in [6, 6.07) is 14.1. The molecule has 0 aliphatic carbocycles. The number of nitrogens with one attached hydrogen (secondary N) is 2. The van der Waals surface area contributed by atoms with Gasteiger partial charge in [0, 0.05) is 41.0 Å². The van der Waals surface area contributed by atoms with Crippen molar-refractivity contribution in [1.29, 1.82) is 0 Å². The minimum Gasteiger partial charge on any atom is -0.493 e. The number of hydrogen-bond donors (Lipinski definition) is 2. The molecule has 2 atom stereocenters. The Morgan fingerprint density at radius 1 is 1.07 bits per heavy atom. The first-order valence-corrected chi connectivity index (χ1v) is 9.65. The van der Waals surface area contributed by atoms with Crippen molar-refractivity contribution < 1.29 is 14.3 Å². The topological polar surface area (TPSA) is 63.4 Å². The summed E-state index contributed by atoms with van der Waals surface area (Å²) in [7, 11) is 3.25. The number of H-pyrrole nitrogens is 1. The zero-order valence-electron chi connectivity index (χ0n) is 16.9. The van der Waals surface area contributed by atoms with Crippen LogP contribution in [-0.2, 0) is 4.79 Å². The first-order chi connectivity index (χ1) is 13.6. The molecule has 148 valence electrons. The van der Waals surface area contributed by atoms with Crippen LogP contribution < -0.4 is 14.8 Å². The number of benzene rings is 2. The molecular weight excluding hydrogens is 352 g/mol. The Balaban J connectivity index is 2.09. The minimum atomic E-state index is -0.162. The molecule has 0 aliphatic heterocycles. The molecule has 2 aromatic carbocycles. The molecule has 1 amide bonds. The summed E-state index contributed by atoms with van der Waals surface area (Å²) >= 11 is 0. The van der Waals surface area contributed by atoms with Crippen molar-refractivity contribution in [1.82, 2.24) is 10.3 Å². The number of aromatic amines is 1. The van der Waals surface area contributed by atoms with Crippen LogP contribution in [0.15, 0.2) is 48.7 Å². The van der Waals surface area contributed by atoms with Crippen LogP contribution in [0.2, 0.25) is 0 Å². The maximum atomic E-state index is 12.8. The normalized spacial score (nSPS) is 13.1. The van der Waals surface area contributed by atoms with Gasteiger partial charge in [-0.15, -0.1) is 0 Å². The van der Waals surface area contributed by atoms with E-state index >= 15 is 0 Å². The molecule has 0 saturated carbocycles. The van der Waals surface area contributed by atoms with Gasteiger partial charge in [-0.2, -0.15) is 0 Å². The van der Waals surface area contributed by atoms with Crippen molar-refractivity contribution in [2.45, 2.75) is 38.6 Å². The summed E-state index contributed by atoms with van der Waals surface area (Å²) in [6.07, 6.45) is 3.21. The molecule has 0 fully saturated rings. The summed E-state index contributed by atoms with van der Waals surface area (Å²) in [6.45, 7) is 4.08. The summed E-state index contributed by atoms with van der Waals surface area (Å²) in [4.78, 5) is 16.1. The van der Waals surface area contributed by atoms with Gasteiger partial charge in [0.1, 0.15) is 0 Å². The molecule has 0 spiro atoms. The third-order valence-corrected chi connectivity index (χ3v) is 5.21. The molecule has 0 unspecified atom stereocenters. The highest BCUT2D eigenvalue weighted by atomic mass is 16.5. The van der Waals surface area contributed by atoms with E-state index in [2.05, 4.69) is 23.3 Å². The van der Waals surface area contributed by atoms with Gasteiger partial charge in [-0.25, -0.2) is 0 Å². The molecule has 5 heteroatoms. The van der Waals surface area contributed by atoms with Crippen LogP contribution in [0.25, 0.3) is 10.9 Å². The number of rotatable bonds is 8. The Morgan fingerprint density at radius 3 is 2.57 bits per heavy atom. The Kier molecular flexibility index (Phi) is 6.24. The minimum absolute atomic E-state index is 0.0227. The molecule has 5 nitrogen and oxygen atoms in total. The maximum absolute atomic E-state index is 12.8. The lowest BCUT2D eigenvalue weighted by Gasteiger charge is -2.22. The molecule has 0 aliphatic rings. The smallest absolute Gasteiger partial charge is 0.221 e. The van der Waals surface area contributed by atoms with Crippen LogP contribution in [-0.4, -0.2) is 31.2 Å². The van der Waals surface area contributed by atoms with Gasteiger partial charge in [0.25, 0.3) is 0 Å². The van der Waals surface area contributed by atoms with Crippen molar-refractivity contribution in [2.24, 2.45) is 0 Å². The molecule has 2 N–H and O–H groups in total. The van der Waals surface area contributed by atoms with Crippen LogP contribution in [0.5, 0.6) is 11.5 Å². The van der Waals surface area contributed by atoms with Gasteiger partial charge in [0.15, 0.2) is 11.5 Å². The van der Waals surface area contributed by atoms with Gasteiger partial charge in [-0.05, 0) is 31.0 Å². The van der Waals surface area contributed by atoms with Crippen LogP contribution in [0, 0.1) is 0 Å². The van der Waals surface area contributed by atoms with Gasteiger partial charge >= 0.3 is 0 Å². The molecule has 0 saturated heterocycles. The van der Waals surface area contributed by atoms with E-state index in [4.69, 9.17) is 9.47 Å². The van der Waals surface area contributed by atoms with Crippen molar-refractivity contribution >= 4 is 16.8 Å². The number of carbonyl (C=O) groups is 1. The maximum Gasteiger partial charge on any atom is 0.221 e. The molecular formula is C23H28N2O3. The van der Waals surface area contributed by atoms with Crippen molar-refractivity contribution in [3.8, 4) is 11.5 Å². The predicted octanol–water partition coefficient (Wildman–Crippen LogP) is 4.62. The Bertz CT molecular complexity index is 948. The Labute approximate surface area is 166 Å². The monoisotopic (exact) mass is 380 g/mol. The molecule has 1 aromatic heterocycles. The van der Waals surface area contributed by atoms with Gasteiger partial charge in [-0.1, -0.05) is 37.3 Å². The number of ether oxygens (including phenoxy) is 2. The van der Waals surface area contributed by atoms with Crippen LogP contribution in [0.3, 0.4) is 0 Å². The van der Waals surface area contributed by atoms with E-state index in [0.717, 1.165) is 28.5 Å². The largest absolute Gasteiger partial charge is 0.493 e. The lowest BCUT2D eigenvalue weighted by atomic mass is 9.87. The first-order valence-electron chi connectivity index (χ1n) is 9.65. The second-order valence-corrected chi connectivity index (χ2v) is 7.01. The van der Waals surface area contributed by atoms with Gasteiger partial charge < -0.3 is 19.8 Å². The third-order valence-electron chi connectivity index (χ3n) is 5.21. The van der Waals surface area contributed by atoms with E-state index in [1.807, 2.05) is 49.5 Å². The zero-order valence-corrected chi connectivity index (χ0v) is 16.9. The Hall–Kier alpha value is -2.95. The molecule has 0 bridgehead atoms. The fraction of sp³-hybridized carbons (Fsp3) is 0.348. The molecule has 3 rings (SSSR count). The molecule has 28 heavy (non-hydrogen) atoms. The van der Waals surface area contributed by atoms with E-state index in [1.165, 1.54) is 0 Å².